The lowest BCUT2D eigenvalue weighted by Crippen LogP contribution is -1.99. The van der Waals surface area contributed by atoms with Crippen molar-refractivity contribution in [2.45, 2.75) is 6.42 Å². The van der Waals surface area contributed by atoms with E-state index in [-0.39, 0.29) is 0 Å². The SMILES string of the molecule is C1=Cc2cccc3cccc(c23)C1.CN(C)C. The highest BCUT2D eigenvalue weighted by Gasteiger charge is 2.06. The third-order valence-corrected chi connectivity index (χ3v) is 2.66. The van der Waals surface area contributed by atoms with Gasteiger partial charge in [-0.2, -0.15) is 0 Å². The summed E-state index contributed by atoms with van der Waals surface area (Å²) in [5, 5.41) is 2.80. The van der Waals surface area contributed by atoms with Crippen molar-refractivity contribution in [3.63, 3.8) is 0 Å². The van der Waals surface area contributed by atoms with Gasteiger partial charge in [-0.25, -0.2) is 0 Å². The topological polar surface area (TPSA) is 3.24 Å². The molecule has 0 radical (unpaired) electrons. The summed E-state index contributed by atoms with van der Waals surface area (Å²) >= 11 is 0. The molecule has 0 heterocycles. The van der Waals surface area contributed by atoms with Crippen molar-refractivity contribution < 1.29 is 0 Å². The molecule has 3 rings (SSSR count). The average Bonchev–Trinajstić information content (AvgIpc) is 2.30. The summed E-state index contributed by atoms with van der Waals surface area (Å²) in [5.41, 5.74) is 2.81. The first-order valence-electron chi connectivity index (χ1n) is 5.96. The minimum Gasteiger partial charge on any atom is -0.312 e. The standard InChI is InChI=1S/C13H10.C3H9N/c1-4-10-6-2-8-12-9-3-7-11(5-1)13(10)12;1-4(2)3/h1-8H,9H2;1-3H3. The highest BCUT2D eigenvalue weighted by atomic mass is 15.0. The van der Waals surface area contributed by atoms with Crippen molar-refractivity contribution in [1.29, 1.82) is 0 Å². The molecule has 1 aliphatic carbocycles. The molecule has 0 atom stereocenters. The zero-order valence-corrected chi connectivity index (χ0v) is 10.8. The van der Waals surface area contributed by atoms with Gasteiger partial charge in [0.05, 0.1) is 0 Å². The summed E-state index contributed by atoms with van der Waals surface area (Å²) < 4.78 is 0. The summed E-state index contributed by atoms with van der Waals surface area (Å²) in [5.74, 6) is 0. The zero-order valence-electron chi connectivity index (χ0n) is 10.8. The molecule has 2 aromatic rings. The lowest BCUT2D eigenvalue weighted by atomic mass is 9.93. The fourth-order valence-electron chi connectivity index (χ4n) is 2.07. The van der Waals surface area contributed by atoms with Crippen LogP contribution < -0.4 is 0 Å². The molecule has 0 aromatic heterocycles. The van der Waals surface area contributed by atoms with E-state index in [4.69, 9.17) is 0 Å². The van der Waals surface area contributed by atoms with E-state index < -0.39 is 0 Å². The van der Waals surface area contributed by atoms with Crippen LogP contribution in [0.2, 0.25) is 0 Å². The molecule has 0 fully saturated rings. The fourth-order valence-corrected chi connectivity index (χ4v) is 2.07. The second kappa shape index (κ2) is 5.15. The van der Waals surface area contributed by atoms with Crippen molar-refractivity contribution in [3.8, 4) is 0 Å². The number of hydrogen-bond donors (Lipinski definition) is 0. The second-order valence-corrected chi connectivity index (χ2v) is 4.81. The van der Waals surface area contributed by atoms with Crippen LogP contribution in [0.15, 0.2) is 42.5 Å². The Morgan fingerprint density at radius 1 is 0.941 bits per heavy atom. The van der Waals surface area contributed by atoms with Crippen molar-refractivity contribution in [2.75, 3.05) is 21.1 Å². The average molecular weight is 225 g/mol. The number of rotatable bonds is 0. The molecule has 88 valence electrons. The molecule has 0 saturated heterocycles. The summed E-state index contributed by atoms with van der Waals surface area (Å²) in [6.45, 7) is 0. The smallest absolute Gasteiger partial charge is 0.00763 e. The molecule has 0 amide bonds. The molecular weight excluding hydrogens is 206 g/mol. The third kappa shape index (κ3) is 2.75. The van der Waals surface area contributed by atoms with E-state index in [0.29, 0.717) is 0 Å². The molecule has 0 N–H and O–H groups in total. The highest BCUT2D eigenvalue weighted by Crippen LogP contribution is 2.27. The normalized spacial score (nSPS) is 12.5. The van der Waals surface area contributed by atoms with Gasteiger partial charge < -0.3 is 4.90 Å². The number of benzene rings is 2. The lowest BCUT2D eigenvalue weighted by molar-refractivity contribution is 0.505. The van der Waals surface area contributed by atoms with E-state index in [1.165, 1.54) is 21.9 Å². The van der Waals surface area contributed by atoms with Gasteiger partial charge in [0.25, 0.3) is 0 Å². The molecule has 1 aliphatic rings. The Kier molecular flexibility index (Phi) is 3.60. The van der Waals surface area contributed by atoms with E-state index in [9.17, 15) is 0 Å². The number of allylic oxidation sites excluding steroid dienone is 1. The largest absolute Gasteiger partial charge is 0.312 e. The van der Waals surface area contributed by atoms with Gasteiger partial charge in [-0.05, 0) is 49.5 Å². The van der Waals surface area contributed by atoms with Crippen molar-refractivity contribution >= 4 is 16.8 Å². The van der Waals surface area contributed by atoms with E-state index in [1.807, 2.05) is 26.0 Å². The Hall–Kier alpha value is -1.60. The highest BCUT2D eigenvalue weighted by molar-refractivity contribution is 5.94. The van der Waals surface area contributed by atoms with E-state index in [2.05, 4.69) is 48.6 Å². The van der Waals surface area contributed by atoms with Gasteiger partial charge in [-0.1, -0.05) is 48.6 Å². The van der Waals surface area contributed by atoms with E-state index in [1.54, 1.807) is 0 Å². The summed E-state index contributed by atoms with van der Waals surface area (Å²) in [6.07, 6.45) is 5.53. The predicted molar refractivity (Wildman–Crippen MR) is 76.3 cm³/mol. The first-order chi connectivity index (χ1) is 8.18. The van der Waals surface area contributed by atoms with Gasteiger partial charge in [-0.15, -0.1) is 0 Å². The Bertz CT molecular complexity index is 530. The summed E-state index contributed by atoms with van der Waals surface area (Å²) in [4.78, 5) is 2.00. The minimum absolute atomic E-state index is 1.08. The van der Waals surface area contributed by atoms with Crippen LogP contribution in [-0.4, -0.2) is 26.0 Å². The van der Waals surface area contributed by atoms with Gasteiger partial charge in [0.2, 0.25) is 0 Å². The molecule has 0 saturated carbocycles. The van der Waals surface area contributed by atoms with Crippen LogP contribution in [0.3, 0.4) is 0 Å². The van der Waals surface area contributed by atoms with Gasteiger partial charge in [0, 0.05) is 0 Å². The van der Waals surface area contributed by atoms with Crippen LogP contribution in [0.25, 0.3) is 16.8 Å². The number of nitrogens with zero attached hydrogens (tertiary/aromatic N) is 1. The van der Waals surface area contributed by atoms with Crippen LogP contribution >= 0.6 is 0 Å². The Morgan fingerprint density at radius 2 is 1.59 bits per heavy atom. The van der Waals surface area contributed by atoms with Gasteiger partial charge >= 0.3 is 0 Å². The molecule has 0 unspecified atom stereocenters. The van der Waals surface area contributed by atoms with Crippen LogP contribution in [0, 0.1) is 0 Å². The molecule has 1 heteroatoms. The van der Waals surface area contributed by atoms with Crippen LogP contribution in [-0.2, 0) is 6.42 Å². The van der Waals surface area contributed by atoms with Crippen LogP contribution in [0.5, 0.6) is 0 Å². The molecule has 2 aromatic carbocycles. The zero-order chi connectivity index (χ0) is 12.3. The van der Waals surface area contributed by atoms with Crippen LogP contribution in [0.1, 0.15) is 11.1 Å². The first kappa shape index (κ1) is 11.9. The quantitative estimate of drug-likeness (QED) is 0.662. The van der Waals surface area contributed by atoms with Gasteiger partial charge in [0.15, 0.2) is 0 Å². The molecular formula is C16H19N. The van der Waals surface area contributed by atoms with Crippen molar-refractivity contribution in [2.24, 2.45) is 0 Å². The molecule has 0 bridgehead atoms. The van der Waals surface area contributed by atoms with Gasteiger partial charge in [0.1, 0.15) is 0 Å². The van der Waals surface area contributed by atoms with E-state index in [0.717, 1.165) is 6.42 Å². The molecule has 0 spiro atoms. The lowest BCUT2D eigenvalue weighted by Gasteiger charge is -2.11. The monoisotopic (exact) mass is 225 g/mol. The Balaban J connectivity index is 0.000000239. The molecule has 0 aliphatic heterocycles. The molecule has 1 nitrogen and oxygen atoms in total. The maximum absolute atomic E-state index is 2.23. The third-order valence-electron chi connectivity index (χ3n) is 2.66. The maximum Gasteiger partial charge on any atom is -0.00763 e. The number of hydrogen-bond acceptors (Lipinski definition) is 1. The fraction of sp³-hybridized carbons (Fsp3) is 0.250. The van der Waals surface area contributed by atoms with Crippen molar-refractivity contribution in [3.05, 3.63) is 53.6 Å². The minimum atomic E-state index is 1.08. The van der Waals surface area contributed by atoms with Crippen LogP contribution in [0.4, 0.5) is 0 Å². The van der Waals surface area contributed by atoms with E-state index >= 15 is 0 Å². The second-order valence-electron chi connectivity index (χ2n) is 4.81. The predicted octanol–water partition coefficient (Wildman–Crippen LogP) is 3.59. The summed E-state index contributed by atoms with van der Waals surface area (Å²) in [7, 11) is 6.00. The first-order valence-corrected chi connectivity index (χ1v) is 5.96. The molecule has 17 heavy (non-hydrogen) atoms. The summed E-state index contributed by atoms with van der Waals surface area (Å²) in [6, 6.07) is 13.0. The maximum atomic E-state index is 2.23. The Labute approximate surface area is 103 Å². The van der Waals surface area contributed by atoms with Crippen molar-refractivity contribution in [1.82, 2.24) is 4.90 Å². The Morgan fingerprint density at radius 3 is 2.29 bits per heavy atom. The van der Waals surface area contributed by atoms with Gasteiger partial charge in [-0.3, -0.25) is 0 Å².